The molecule has 0 spiro atoms. The van der Waals surface area contributed by atoms with E-state index in [0.717, 1.165) is 13.1 Å². The molecule has 0 aromatic rings. The van der Waals surface area contributed by atoms with Crippen LogP contribution in [0.15, 0.2) is 0 Å². The predicted octanol–water partition coefficient (Wildman–Crippen LogP) is -1.29. The predicted molar refractivity (Wildman–Crippen MR) is 61.4 cm³/mol. The standard InChI is InChI=1S/C11H19N3O3/c1-8-10(16)13-3-4-14(8)9(15)5-17-11(2)6-12-7-11/h8,12H,3-7H2,1-2H3,(H,13,16). The molecule has 0 bridgehead atoms. The third kappa shape index (κ3) is 2.58. The van der Waals surface area contributed by atoms with Gasteiger partial charge in [0.15, 0.2) is 0 Å². The van der Waals surface area contributed by atoms with Gasteiger partial charge in [0.05, 0.1) is 5.60 Å². The van der Waals surface area contributed by atoms with Gasteiger partial charge in [-0.15, -0.1) is 0 Å². The smallest absolute Gasteiger partial charge is 0.249 e. The van der Waals surface area contributed by atoms with Gasteiger partial charge in [0, 0.05) is 26.2 Å². The minimum absolute atomic E-state index is 0.0514. The summed E-state index contributed by atoms with van der Waals surface area (Å²) in [5.41, 5.74) is -0.225. The largest absolute Gasteiger partial charge is 0.363 e. The van der Waals surface area contributed by atoms with Crippen LogP contribution in [-0.2, 0) is 14.3 Å². The van der Waals surface area contributed by atoms with Gasteiger partial charge in [-0.3, -0.25) is 9.59 Å². The third-order valence-corrected chi connectivity index (χ3v) is 3.36. The number of piperazine rings is 1. The Kier molecular flexibility index (Phi) is 3.35. The lowest BCUT2D eigenvalue weighted by molar-refractivity contribution is -0.152. The molecule has 0 radical (unpaired) electrons. The summed E-state index contributed by atoms with van der Waals surface area (Å²) >= 11 is 0. The first kappa shape index (κ1) is 12.3. The van der Waals surface area contributed by atoms with E-state index in [1.54, 1.807) is 11.8 Å². The number of ether oxygens (including phenoxy) is 1. The molecule has 1 unspecified atom stereocenters. The molecule has 0 saturated carbocycles. The van der Waals surface area contributed by atoms with E-state index in [2.05, 4.69) is 10.6 Å². The molecule has 2 amide bonds. The van der Waals surface area contributed by atoms with Crippen LogP contribution < -0.4 is 10.6 Å². The van der Waals surface area contributed by atoms with Crippen molar-refractivity contribution in [3.8, 4) is 0 Å². The molecular formula is C11H19N3O3. The zero-order chi connectivity index (χ0) is 12.5. The summed E-state index contributed by atoms with van der Waals surface area (Å²) in [6, 6.07) is -0.396. The quantitative estimate of drug-likeness (QED) is 0.645. The molecule has 0 aliphatic carbocycles. The van der Waals surface area contributed by atoms with Gasteiger partial charge in [-0.2, -0.15) is 0 Å². The van der Waals surface area contributed by atoms with E-state index in [1.807, 2.05) is 6.92 Å². The van der Waals surface area contributed by atoms with Crippen molar-refractivity contribution in [3.05, 3.63) is 0 Å². The second-order valence-corrected chi connectivity index (χ2v) is 4.90. The first-order valence-electron chi connectivity index (χ1n) is 5.94. The molecule has 6 heteroatoms. The van der Waals surface area contributed by atoms with E-state index in [0.29, 0.717) is 13.1 Å². The van der Waals surface area contributed by atoms with Crippen molar-refractivity contribution >= 4 is 11.8 Å². The number of carbonyl (C=O) groups excluding carboxylic acids is 2. The fourth-order valence-electron chi connectivity index (χ4n) is 2.02. The molecule has 2 aliphatic rings. The fourth-order valence-corrected chi connectivity index (χ4v) is 2.02. The maximum absolute atomic E-state index is 11.9. The minimum atomic E-state index is -0.396. The van der Waals surface area contributed by atoms with E-state index >= 15 is 0 Å². The number of hydrogen-bond acceptors (Lipinski definition) is 4. The molecule has 2 aliphatic heterocycles. The molecule has 1 atom stereocenters. The third-order valence-electron chi connectivity index (χ3n) is 3.36. The summed E-state index contributed by atoms with van der Waals surface area (Å²) in [7, 11) is 0. The summed E-state index contributed by atoms with van der Waals surface area (Å²) in [5.74, 6) is -0.207. The Morgan fingerprint density at radius 3 is 2.88 bits per heavy atom. The summed E-state index contributed by atoms with van der Waals surface area (Å²) in [6.07, 6.45) is 0. The minimum Gasteiger partial charge on any atom is -0.363 e. The zero-order valence-electron chi connectivity index (χ0n) is 10.3. The SMILES string of the molecule is CC1C(=O)NCCN1C(=O)COC1(C)CNC1. The first-order chi connectivity index (χ1) is 8.02. The van der Waals surface area contributed by atoms with Crippen LogP contribution in [0.25, 0.3) is 0 Å². The Morgan fingerprint density at radius 2 is 2.29 bits per heavy atom. The molecule has 6 nitrogen and oxygen atoms in total. The maximum Gasteiger partial charge on any atom is 0.249 e. The Morgan fingerprint density at radius 1 is 1.59 bits per heavy atom. The average Bonchev–Trinajstić information content (AvgIpc) is 2.27. The van der Waals surface area contributed by atoms with Crippen LogP contribution in [0.5, 0.6) is 0 Å². The Labute approximate surface area is 101 Å². The molecule has 2 heterocycles. The molecule has 2 rings (SSSR count). The van der Waals surface area contributed by atoms with Gasteiger partial charge in [0.2, 0.25) is 11.8 Å². The molecule has 17 heavy (non-hydrogen) atoms. The summed E-state index contributed by atoms with van der Waals surface area (Å²) in [4.78, 5) is 24.9. The van der Waals surface area contributed by atoms with Crippen LogP contribution in [-0.4, -0.2) is 61.1 Å². The van der Waals surface area contributed by atoms with E-state index in [4.69, 9.17) is 4.74 Å². The monoisotopic (exact) mass is 241 g/mol. The average molecular weight is 241 g/mol. The Hall–Kier alpha value is -1.14. The van der Waals surface area contributed by atoms with E-state index < -0.39 is 6.04 Å². The molecule has 0 aromatic carbocycles. The van der Waals surface area contributed by atoms with Crippen molar-refractivity contribution in [2.75, 3.05) is 32.8 Å². The second kappa shape index (κ2) is 4.62. The molecule has 96 valence electrons. The first-order valence-corrected chi connectivity index (χ1v) is 5.94. The van der Waals surface area contributed by atoms with E-state index in [9.17, 15) is 9.59 Å². The van der Waals surface area contributed by atoms with Crippen molar-refractivity contribution in [2.45, 2.75) is 25.5 Å². The molecule has 2 N–H and O–H groups in total. The van der Waals surface area contributed by atoms with Gasteiger partial charge < -0.3 is 20.3 Å². The molecule has 2 fully saturated rings. The van der Waals surface area contributed by atoms with Crippen LogP contribution in [0.4, 0.5) is 0 Å². The van der Waals surface area contributed by atoms with Crippen LogP contribution in [0, 0.1) is 0 Å². The highest BCUT2D eigenvalue weighted by Gasteiger charge is 2.35. The summed E-state index contributed by atoms with van der Waals surface area (Å²) < 4.78 is 5.58. The Balaban J connectivity index is 1.84. The lowest BCUT2D eigenvalue weighted by Gasteiger charge is -2.40. The normalized spacial score (nSPS) is 27.3. The summed E-state index contributed by atoms with van der Waals surface area (Å²) in [6.45, 7) is 6.39. The number of rotatable bonds is 3. The lowest BCUT2D eigenvalue weighted by Crippen LogP contribution is -2.61. The molecular weight excluding hydrogens is 222 g/mol. The van der Waals surface area contributed by atoms with Gasteiger partial charge in [0.1, 0.15) is 12.6 Å². The van der Waals surface area contributed by atoms with Crippen molar-refractivity contribution in [1.82, 2.24) is 15.5 Å². The number of nitrogens with one attached hydrogen (secondary N) is 2. The van der Waals surface area contributed by atoms with Crippen LogP contribution in [0.1, 0.15) is 13.8 Å². The van der Waals surface area contributed by atoms with Crippen molar-refractivity contribution in [1.29, 1.82) is 0 Å². The van der Waals surface area contributed by atoms with Gasteiger partial charge in [-0.25, -0.2) is 0 Å². The topological polar surface area (TPSA) is 70.7 Å². The second-order valence-electron chi connectivity index (χ2n) is 4.90. The summed E-state index contributed by atoms with van der Waals surface area (Å²) in [5, 5.41) is 5.83. The molecule has 0 aromatic heterocycles. The van der Waals surface area contributed by atoms with Gasteiger partial charge in [-0.1, -0.05) is 0 Å². The number of nitrogens with zero attached hydrogens (tertiary/aromatic N) is 1. The highest BCUT2D eigenvalue weighted by molar-refractivity contribution is 5.88. The van der Waals surface area contributed by atoms with E-state index in [1.165, 1.54) is 0 Å². The van der Waals surface area contributed by atoms with Gasteiger partial charge >= 0.3 is 0 Å². The highest BCUT2D eigenvalue weighted by Crippen LogP contribution is 2.15. The van der Waals surface area contributed by atoms with Gasteiger partial charge in [-0.05, 0) is 13.8 Å². The number of hydrogen-bond donors (Lipinski definition) is 2. The van der Waals surface area contributed by atoms with Crippen molar-refractivity contribution in [2.24, 2.45) is 0 Å². The van der Waals surface area contributed by atoms with E-state index in [-0.39, 0.29) is 24.0 Å². The lowest BCUT2D eigenvalue weighted by atomic mass is 10.0. The Bertz CT molecular complexity index is 328. The number of carbonyl (C=O) groups is 2. The number of amides is 2. The van der Waals surface area contributed by atoms with Crippen LogP contribution in [0.2, 0.25) is 0 Å². The van der Waals surface area contributed by atoms with Gasteiger partial charge in [0.25, 0.3) is 0 Å². The van der Waals surface area contributed by atoms with Crippen LogP contribution in [0.3, 0.4) is 0 Å². The zero-order valence-corrected chi connectivity index (χ0v) is 10.3. The maximum atomic E-state index is 11.9. The van der Waals surface area contributed by atoms with Crippen molar-refractivity contribution in [3.63, 3.8) is 0 Å². The fraction of sp³-hybridized carbons (Fsp3) is 0.818. The molecule has 2 saturated heterocycles. The van der Waals surface area contributed by atoms with Crippen molar-refractivity contribution < 1.29 is 14.3 Å². The van der Waals surface area contributed by atoms with Crippen LogP contribution >= 0.6 is 0 Å². The highest BCUT2D eigenvalue weighted by atomic mass is 16.5.